The summed E-state index contributed by atoms with van der Waals surface area (Å²) in [6.45, 7) is 5.13. The Morgan fingerprint density at radius 2 is 1.67 bits per heavy atom. The normalized spacial score (nSPS) is 21.9. The summed E-state index contributed by atoms with van der Waals surface area (Å²) in [5.41, 5.74) is 1.11. The number of hydrogen-bond donors (Lipinski definition) is 3. The quantitative estimate of drug-likeness (QED) is 0.471. The zero-order chi connectivity index (χ0) is 31.1. The van der Waals surface area contributed by atoms with Gasteiger partial charge >= 0.3 is 0 Å². The van der Waals surface area contributed by atoms with Crippen LogP contribution < -0.4 is 25.4 Å². The van der Waals surface area contributed by atoms with E-state index in [4.69, 9.17) is 9.47 Å². The summed E-state index contributed by atoms with van der Waals surface area (Å²) >= 11 is 0. The number of carbonyl (C=O) groups is 5. The van der Waals surface area contributed by atoms with E-state index in [9.17, 15) is 24.0 Å². The molecule has 0 unspecified atom stereocenters. The summed E-state index contributed by atoms with van der Waals surface area (Å²) in [5.74, 6) is -1.42. The predicted molar refractivity (Wildman–Crippen MR) is 157 cm³/mol. The second kappa shape index (κ2) is 14.0. The number of hydrogen-bond acceptors (Lipinski definition) is 7. The van der Waals surface area contributed by atoms with Crippen LogP contribution in [0.15, 0.2) is 48.5 Å². The van der Waals surface area contributed by atoms with E-state index in [-0.39, 0.29) is 44.3 Å². The van der Waals surface area contributed by atoms with E-state index in [0.717, 1.165) is 5.56 Å². The van der Waals surface area contributed by atoms with Crippen LogP contribution in [0.5, 0.6) is 11.5 Å². The second-order valence-electron chi connectivity index (χ2n) is 11.2. The predicted octanol–water partition coefficient (Wildman–Crippen LogP) is 1.09. The fourth-order valence-electron chi connectivity index (χ4n) is 4.97. The highest BCUT2D eigenvalue weighted by molar-refractivity contribution is 5.98. The SMILES string of the molecule is CC(C)C[C@@H]1NC(=O)CN(C(=O)c2ccc3c(c2)OCO3)CCNC(=O)[C@H](Cc2ccccc2)NC(=O)[C@H](C)N(C)C1=O. The van der Waals surface area contributed by atoms with Gasteiger partial charge in [-0.15, -0.1) is 0 Å². The first-order valence-electron chi connectivity index (χ1n) is 14.4. The molecule has 0 radical (unpaired) electrons. The molecule has 2 heterocycles. The van der Waals surface area contributed by atoms with Gasteiger partial charge in [-0.1, -0.05) is 44.2 Å². The molecule has 5 amide bonds. The zero-order valence-electron chi connectivity index (χ0n) is 24.9. The number of rotatable bonds is 5. The maximum Gasteiger partial charge on any atom is 0.254 e. The first kappa shape index (κ1) is 31.3. The van der Waals surface area contributed by atoms with Crippen molar-refractivity contribution in [3.05, 3.63) is 59.7 Å². The Balaban J connectivity index is 1.63. The van der Waals surface area contributed by atoms with Gasteiger partial charge in [0.15, 0.2) is 11.5 Å². The number of fused-ring (bicyclic) bond motifs is 1. The molecule has 4 rings (SSSR count). The minimum Gasteiger partial charge on any atom is -0.454 e. The lowest BCUT2D eigenvalue weighted by Crippen LogP contribution is -2.57. The fraction of sp³-hybridized carbons (Fsp3) is 0.452. The van der Waals surface area contributed by atoms with E-state index in [1.165, 1.54) is 16.8 Å². The fourth-order valence-corrected chi connectivity index (χ4v) is 4.97. The third kappa shape index (κ3) is 8.02. The molecule has 230 valence electrons. The molecule has 1 saturated heterocycles. The van der Waals surface area contributed by atoms with Crippen molar-refractivity contribution in [3.8, 4) is 11.5 Å². The molecule has 0 spiro atoms. The second-order valence-corrected chi connectivity index (χ2v) is 11.2. The van der Waals surface area contributed by atoms with Crippen molar-refractivity contribution >= 4 is 29.5 Å². The third-order valence-corrected chi connectivity index (χ3v) is 7.49. The maximum absolute atomic E-state index is 13.6. The van der Waals surface area contributed by atoms with Crippen LogP contribution in [0, 0.1) is 5.92 Å². The van der Waals surface area contributed by atoms with Crippen LogP contribution in [0.2, 0.25) is 0 Å². The molecule has 2 aromatic carbocycles. The molecule has 0 bridgehead atoms. The molecule has 0 aromatic heterocycles. The molecule has 2 aliphatic rings. The molecular weight excluding hydrogens is 554 g/mol. The van der Waals surface area contributed by atoms with Gasteiger partial charge in [-0.3, -0.25) is 24.0 Å². The van der Waals surface area contributed by atoms with Crippen LogP contribution in [0.4, 0.5) is 0 Å². The molecular formula is C31H39N5O7. The van der Waals surface area contributed by atoms with Gasteiger partial charge in [-0.25, -0.2) is 0 Å². The molecule has 2 aliphatic heterocycles. The van der Waals surface area contributed by atoms with E-state index in [0.29, 0.717) is 17.9 Å². The molecule has 12 nitrogen and oxygen atoms in total. The van der Waals surface area contributed by atoms with Crippen molar-refractivity contribution in [1.82, 2.24) is 25.8 Å². The number of amides is 5. The standard InChI is InChI=1S/C31H39N5O7/c1-19(2)14-24-31(41)35(4)20(3)28(38)34-23(15-21-8-6-5-7-9-21)29(39)32-12-13-36(17-27(37)33-24)30(40)22-10-11-25-26(16-22)43-18-42-25/h5-11,16,19-20,23-24H,12-15,17-18H2,1-4H3,(H,32,39)(H,33,37)(H,34,38)/t20-,23-,24-/m0/s1. The highest BCUT2D eigenvalue weighted by Gasteiger charge is 2.33. The number of ether oxygens (including phenoxy) is 2. The summed E-state index contributed by atoms with van der Waals surface area (Å²) in [5, 5.41) is 8.37. The minimum absolute atomic E-state index is 0.00244. The number of carbonyl (C=O) groups excluding carboxylic acids is 5. The number of likely N-dealkylation sites (N-methyl/N-ethyl adjacent to an activating group) is 1. The van der Waals surface area contributed by atoms with Gasteiger partial charge in [-0.2, -0.15) is 0 Å². The smallest absolute Gasteiger partial charge is 0.254 e. The summed E-state index contributed by atoms with van der Waals surface area (Å²) in [4.78, 5) is 69.6. The number of nitrogens with zero attached hydrogens (tertiary/aromatic N) is 2. The highest BCUT2D eigenvalue weighted by Crippen LogP contribution is 2.32. The lowest BCUT2D eigenvalue weighted by atomic mass is 10.0. The van der Waals surface area contributed by atoms with Crippen LogP contribution in [-0.4, -0.2) is 90.9 Å². The van der Waals surface area contributed by atoms with Gasteiger partial charge in [0.1, 0.15) is 18.1 Å². The van der Waals surface area contributed by atoms with E-state index in [1.807, 2.05) is 44.2 Å². The van der Waals surface area contributed by atoms with E-state index in [2.05, 4.69) is 16.0 Å². The monoisotopic (exact) mass is 593 g/mol. The Bertz CT molecular complexity index is 1350. The van der Waals surface area contributed by atoms with Gasteiger partial charge in [-0.05, 0) is 43.0 Å². The Hall–Kier alpha value is -4.61. The van der Waals surface area contributed by atoms with Crippen molar-refractivity contribution in [2.24, 2.45) is 5.92 Å². The topological polar surface area (TPSA) is 146 Å². The van der Waals surface area contributed by atoms with Crippen molar-refractivity contribution < 1.29 is 33.4 Å². The first-order chi connectivity index (χ1) is 20.5. The van der Waals surface area contributed by atoms with Gasteiger partial charge in [0.25, 0.3) is 5.91 Å². The van der Waals surface area contributed by atoms with Crippen LogP contribution >= 0.6 is 0 Å². The first-order valence-corrected chi connectivity index (χ1v) is 14.4. The van der Waals surface area contributed by atoms with Crippen LogP contribution in [-0.2, 0) is 25.6 Å². The average molecular weight is 594 g/mol. The lowest BCUT2D eigenvalue weighted by molar-refractivity contribution is -0.142. The minimum atomic E-state index is -0.935. The Kier molecular flexibility index (Phi) is 10.2. The van der Waals surface area contributed by atoms with Gasteiger partial charge in [0.05, 0.1) is 6.54 Å². The zero-order valence-corrected chi connectivity index (χ0v) is 24.9. The molecule has 43 heavy (non-hydrogen) atoms. The van der Waals surface area contributed by atoms with Crippen molar-refractivity contribution in [3.63, 3.8) is 0 Å². The van der Waals surface area contributed by atoms with E-state index in [1.54, 1.807) is 25.1 Å². The van der Waals surface area contributed by atoms with Crippen molar-refractivity contribution in [1.29, 1.82) is 0 Å². The third-order valence-electron chi connectivity index (χ3n) is 7.49. The molecule has 0 saturated carbocycles. The summed E-state index contributed by atoms with van der Waals surface area (Å²) < 4.78 is 10.7. The van der Waals surface area contributed by atoms with Crippen LogP contribution in [0.3, 0.4) is 0 Å². The average Bonchev–Trinajstić information content (AvgIpc) is 3.46. The van der Waals surface area contributed by atoms with Gasteiger partial charge < -0.3 is 35.2 Å². The van der Waals surface area contributed by atoms with Gasteiger partial charge in [0.2, 0.25) is 30.4 Å². The number of benzene rings is 2. The Morgan fingerprint density at radius 3 is 2.40 bits per heavy atom. The summed E-state index contributed by atoms with van der Waals surface area (Å²) in [6, 6.07) is 11.2. The molecule has 3 atom stereocenters. The molecule has 12 heteroatoms. The van der Waals surface area contributed by atoms with Crippen LogP contribution in [0.25, 0.3) is 0 Å². The largest absolute Gasteiger partial charge is 0.454 e. The molecule has 3 N–H and O–H groups in total. The van der Waals surface area contributed by atoms with E-state index < -0.39 is 47.7 Å². The van der Waals surface area contributed by atoms with Crippen molar-refractivity contribution in [2.45, 2.75) is 51.7 Å². The Morgan fingerprint density at radius 1 is 0.953 bits per heavy atom. The molecule has 1 fully saturated rings. The van der Waals surface area contributed by atoms with Crippen molar-refractivity contribution in [2.75, 3.05) is 33.5 Å². The molecule has 2 aromatic rings. The maximum atomic E-state index is 13.6. The van der Waals surface area contributed by atoms with Crippen LogP contribution in [0.1, 0.15) is 43.1 Å². The summed E-state index contributed by atoms with van der Waals surface area (Å²) in [7, 11) is 1.49. The number of nitrogens with one attached hydrogen (secondary N) is 3. The van der Waals surface area contributed by atoms with E-state index >= 15 is 0 Å². The highest BCUT2D eigenvalue weighted by atomic mass is 16.7. The lowest BCUT2D eigenvalue weighted by Gasteiger charge is -2.30. The molecule has 0 aliphatic carbocycles. The van der Waals surface area contributed by atoms with Gasteiger partial charge in [0, 0.05) is 32.1 Å². The Labute approximate surface area is 251 Å². The summed E-state index contributed by atoms with van der Waals surface area (Å²) in [6.07, 6.45) is 0.550.